The number of hydrogen-bond acceptors (Lipinski definition) is 3. The van der Waals surface area contributed by atoms with Crippen molar-refractivity contribution >= 4 is 21.7 Å². The van der Waals surface area contributed by atoms with Crippen molar-refractivity contribution in [3.63, 3.8) is 0 Å². The molecule has 3 nitrogen and oxygen atoms in total. The number of likely N-dealkylation sites (N-methyl/N-ethyl adjacent to an activating group) is 1. The number of aromatic nitrogens is 1. The minimum absolute atomic E-state index is 0.926. The predicted molar refractivity (Wildman–Crippen MR) is 72.8 cm³/mol. The topological polar surface area (TPSA) is 28.2 Å². The van der Waals surface area contributed by atoms with Crippen LogP contribution in [0.1, 0.15) is 20.3 Å². The predicted octanol–water partition coefficient (Wildman–Crippen LogP) is 2.99. The highest BCUT2D eigenvalue weighted by Gasteiger charge is 2.02. The third kappa shape index (κ3) is 4.49. The summed E-state index contributed by atoms with van der Waals surface area (Å²) in [6, 6.07) is 3.92. The largest absolute Gasteiger partial charge is 0.368 e. The first-order valence-electron chi connectivity index (χ1n) is 5.84. The molecule has 0 saturated heterocycles. The van der Waals surface area contributed by atoms with Gasteiger partial charge in [0.25, 0.3) is 0 Å². The quantitative estimate of drug-likeness (QED) is 0.835. The molecule has 1 aromatic rings. The van der Waals surface area contributed by atoms with Gasteiger partial charge in [0.2, 0.25) is 0 Å². The highest BCUT2D eigenvalue weighted by atomic mass is 79.9. The molecule has 0 aliphatic heterocycles. The smallest absolute Gasteiger partial charge is 0.140 e. The Morgan fingerprint density at radius 3 is 2.81 bits per heavy atom. The summed E-state index contributed by atoms with van der Waals surface area (Å²) >= 11 is 3.47. The molecule has 0 saturated carbocycles. The zero-order valence-electron chi connectivity index (χ0n) is 10.0. The van der Waals surface area contributed by atoms with Gasteiger partial charge in [-0.25, -0.2) is 4.98 Å². The van der Waals surface area contributed by atoms with Crippen molar-refractivity contribution < 1.29 is 0 Å². The number of nitrogens with one attached hydrogen (secondary N) is 1. The molecule has 0 radical (unpaired) electrons. The number of anilines is 1. The van der Waals surface area contributed by atoms with Crippen LogP contribution in [0.3, 0.4) is 0 Å². The SMILES string of the molecule is CCCN(CC)CCNc1ncccc1Br. The molecule has 1 N–H and O–H groups in total. The van der Waals surface area contributed by atoms with Crippen LogP contribution in [0.2, 0.25) is 0 Å². The normalized spacial score (nSPS) is 10.8. The molecule has 0 atom stereocenters. The van der Waals surface area contributed by atoms with E-state index < -0.39 is 0 Å². The molecule has 0 aliphatic carbocycles. The molecule has 1 rings (SSSR count). The van der Waals surface area contributed by atoms with E-state index in [0.717, 1.165) is 29.9 Å². The van der Waals surface area contributed by atoms with E-state index in [1.54, 1.807) is 6.20 Å². The summed E-state index contributed by atoms with van der Waals surface area (Å²) in [5, 5.41) is 3.34. The van der Waals surface area contributed by atoms with Crippen molar-refractivity contribution in [1.82, 2.24) is 9.88 Å². The van der Waals surface area contributed by atoms with Crippen LogP contribution in [0.25, 0.3) is 0 Å². The number of halogens is 1. The van der Waals surface area contributed by atoms with Crippen molar-refractivity contribution in [3.05, 3.63) is 22.8 Å². The van der Waals surface area contributed by atoms with Crippen molar-refractivity contribution in [3.8, 4) is 0 Å². The molecule has 1 heterocycles. The zero-order valence-corrected chi connectivity index (χ0v) is 11.6. The Labute approximate surface area is 106 Å². The molecule has 4 heteroatoms. The van der Waals surface area contributed by atoms with Gasteiger partial charge in [0.15, 0.2) is 0 Å². The number of nitrogens with zero attached hydrogens (tertiary/aromatic N) is 2. The van der Waals surface area contributed by atoms with Crippen LogP contribution >= 0.6 is 15.9 Å². The second-order valence-corrected chi connectivity index (χ2v) is 4.55. The van der Waals surface area contributed by atoms with Gasteiger partial charge in [-0.2, -0.15) is 0 Å². The van der Waals surface area contributed by atoms with Gasteiger partial charge in [0.1, 0.15) is 5.82 Å². The van der Waals surface area contributed by atoms with E-state index in [0.29, 0.717) is 0 Å². The summed E-state index contributed by atoms with van der Waals surface area (Å²) in [7, 11) is 0. The molecule has 0 aromatic carbocycles. The standard InChI is InChI=1S/C12H20BrN3/c1-3-9-16(4-2)10-8-15-12-11(13)6-5-7-14-12/h5-7H,3-4,8-10H2,1-2H3,(H,14,15). The van der Waals surface area contributed by atoms with E-state index >= 15 is 0 Å². The van der Waals surface area contributed by atoms with Crippen LogP contribution < -0.4 is 5.32 Å². The van der Waals surface area contributed by atoms with Gasteiger partial charge in [-0.3, -0.25) is 0 Å². The fourth-order valence-corrected chi connectivity index (χ4v) is 1.99. The van der Waals surface area contributed by atoms with Crippen LogP contribution in [-0.2, 0) is 0 Å². The van der Waals surface area contributed by atoms with E-state index in [2.05, 4.69) is 45.0 Å². The molecular formula is C12H20BrN3. The Kier molecular flexibility index (Phi) is 6.42. The number of rotatable bonds is 7. The molecule has 16 heavy (non-hydrogen) atoms. The molecule has 0 aliphatic rings. The second-order valence-electron chi connectivity index (χ2n) is 3.69. The highest BCUT2D eigenvalue weighted by Crippen LogP contribution is 2.17. The Hall–Kier alpha value is -0.610. The molecule has 0 unspecified atom stereocenters. The summed E-state index contributed by atoms with van der Waals surface area (Å²) in [6.07, 6.45) is 3.01. The fourth-order valence-electron chi connectivity index (χ4n) is 1.59. The number of pyridine rings is 1. The zero-order chi connectivity index (χ0) is 11.8. The third-order valence-electron chi connectivity index (χ3n) is 2.47. The molecular weight excluding hydrogens is 266 g/mol. The fraction of sp³-hybridized carbons (Fsp3) is 0.583. The van der Waals surface area contributed by atoms with Crippen LogP contribution in [0.5, 0.6) is 0 Å². The van der Waals surface area contributed by atoms with Crippen molar-refractivity contribution in [2.45, 2.75) is 20.3 Å². The van der Waals surface area contributed by atoms with E-state index in [4.69, 9.17) is 0 Å². The van der Waals surface area contributed by atoms with Gasteiger partial charge in [0.05, 0.1) is 4.47 Å². The van der Waals surface area contributed by atoms with Crippen molar-refractivity contribution in [2.24, 2.45) is 0 Å². The second kappa shape index (κ2) is 7.63. The van der Waals surface area contributed by atoms with Gasteiger partial charge in [-0.05, 0) is 47.6 Å². The minimum atomic E-state index is 0.926. The Bertz CT molecular complexity index is 304. The molecule has 0 amide bonds. The monoisotopic (exact) mass is 285 g/mol. The lowest BCUT2D eigenvalue weighted by molar-refractivity contribution is 0.300. The van der Waals surface area contributed by atoms with E-state index in [1.165, 1.54) is 13.0 Å². The minimum Gasteiger partial charge on any atom is -0.368 e. The first kappa shape index (κ1) is 13.5. The first-order valence-corrected chi connectivity index (χ1v) is 6.64. The maximum absolute atomic E-state index is 4.27. The Morgan fingerprint density at radius 1 is 1.38 bits per heavy atom. The summed E-state index contributed by atoms with van der Waals surface area (Å²) in [5.41, 5.74) is 0. The molecule has 0 bridgehead atoms. The van der Waals surface area contributed by atoms with Gasteiger partial charge in [-0.1, -0.05) is 13.8 Å². The lowest BCUT2D eigenvalue weighted by Crippen LogP contribution is -2.29. The molecule has 0 fully saturated rings. The van der Waals surface area contributed by atoms with Crippen LogP contribution in [0.15, 0.2) is 22.8 Å². The van der Waals surface area contributed by atoms with Gasteiger partial charge >= 0.3 is 0 Å². The lowest BCUT2D eigenvalue weighted by atomic mass is 10.4. The maximum atomic E-state index is 4.27. The van der Waals surface area contributed by atoms with Crippen LogP contribution in [0.4, 0.5) is 5.82 Å². The third-order valence-corrected chi connectivity index (χ3v) is 3.11. The highest BCUT2D eigenvalue weighted by molar-refractivity contribution is 9.10. The molecule has 1 aromatic heterocycles. The molecule has 0 spiro atoms. The van der Waals surface area contributed by atoms with Gasteiger partial charge < -0.3 is 10.2 Å². The molecule has 90 valence electrons. The summed E-state index contributed by atoms with van der Waals surface area (Å²) in [4.78, 5) is 6.70. The summed E-state index contributed by atoms with van der Waals surface area (Å²) < 4.78 is 1.02. The van der Waals surface area contributed by atoms with Gasteiger partial charge in [0, 0.05) is 19.3 Å². The van der Waals surface area contributed by atoms with E-state index in [1.807, 2.05) is 12.1 Å². The van der Waals surface area contributed by atoms with Gasteiger partial charge in [-0.15, -0.1) is 0 Å². The van der Waals surface area contributed by atoms with E-state index in [9.17, 15) is 0 Å². The van der Waals surface area contributed by atoms with Crippen LogP contribution in [0, 0.1) is 0 Å². The van der Waals surface area contributed by atoms with E-state index in [-0.39, 0.29) is 0 Å². The Balaban J connectivity index is 2.32. The summed E-state index contributed by atoms with van der Waals surface area (Å²) in [5.74, 6) is 0.926. The lowest BCUT2D eigenvalue weighted by Gasteiger charge is -2.19. The Morgan fingerprint density at radius 2 is 2.19 bits per heavy atom. The number of hydrogen-bond donors (Lipinski definition) is 1. The average molecular weight is 286 g/mol. The van der Waals surface area contributed by atoms with Crippen LogP contribution in [-0.4, -0.2) is 36.1 Å². The van der Waals surface area contributed by atoms with Crippen molar-refractivity contribution in [1.29, 1.82) is 0 Å². The first-order chi connectivity index (χ1) is 7.77. The average Bonchev–Trinajstić information content (AvgIpc) is 2.30. The maximum Gasteiger partial charge on any atom is 0.140 e. The van der Waals surface area contributed by atoms with Crippen molar-refractivity contribution in [2.75, 3.05) is 31.5 Å². The summed E-state index contributed by atoms with van der Waals surface area (Å²) in [6.45, 7) is 8.69.